The summed E-state index contributed by atoms with van der Waals surface area (Å²) >= 11 is 0. The van der Waals surface area contributed by atoms with Crippen LogP contribution in [0.3, 0.4) is 0 Å². The smallest absolute Gasteiger partial charge is 0.287 e. The van der Waals surface area contributed by atoms with E-state index in [1.165, 1.54) is 17.0 Å². The average Bonchev–Trinajstić information content (AvgIpc) is 2.82. The van der Waals surface area contributed by atoms with E-state index in [9.17, 15) is 9.18 Å². The molecule has 1 heterocycles. The van der Waals surface area contributed by atoms with Crippen LogP contribution in [-0.2, 0) is 4.79 Å². The van der Waals surface area contributed by atoms with E-state index < -0.39 is 0 Å². The minimum absolute atomic E-state index is 0.0847. The zero-order valence-corrected chi connectivity index (χ0v) is 17.6. The van der Waals surface area contributed by atoms with Gasteiger partial charge in [-0.05, 0) is 36.4 Å². The molecule has 1 saturated heterocycles. The highest BCUT2D eigenvalue weighted by atomic mass is 19.1. The maximum Gasteiger partial charge on any atom is 0.287 e. The summed E-state index contributed by atoms with van der Waals surface area (Å²) in [7, 11) is 1.69. The zero-order valence-electron chi connectivity index (χ0n) is 17.6. The van der Waals surface area contributed by atoms with Crippen molar-refractivity contribution in [2.24, 2.45) is 0 Å². The van der Waals surface area contributed by atoms with Gasteiger partial charge < -0.3 is 19.9 Å². The number of piperazine rings is 1. The molecule has 0 unspecified atom stereocenters. The molecule has 3 aromatic rings. The summed E-state index contributed by atoms with van der Waals surface area (Å²) < 4.78 is 18.8. The Bertz CT molecular complexity index is 1000. The Morgan fingerprint density at radius 3 is 2.29 bits per heavy atom. The number of para-hydroxylation sites is 2. The van der Waals surface area contributed by atoms with Gasteiger partial charge in [-0.15, -0.1) is 0 Å². The van der Waals surface area contributed by atoms with Gasteiger partial charge in [-0.25, -0.2) is 4.39 Å². The molecule has 1 aliphatic rings. The van der Waals surface area contributed by atoms with Crippen LogP contribution in [-0.4, -0.2) is 39.2 Å². The first kappa shape index (κ1) is 20.9. The number of ether oxygens (including phenoxy) is 1. The molecule has 31 heavy (non-hydrogen) atoms. The monoisotopic (exact) mass is 420 g/mol. The lowest BCUT2D eigenvalue weighted by Gasteiger charge is -2.37. The first-order valence-electron chi connectivity index (χ1n) is 10.5. The molecule has 0 radical (unpaired) electrons. The minimum atomic E-state index is -0.342. The van der Waals surface area contributed by atoms with E-state index in [4.69, 9.17) is 4.74 Å². The van der Waals surface area contributed by atoms with Gasteiger partial charge in [0, 0.05) is 11.3 Å². The van der Waals surface area contributed by atoms with Crippen molar-refractivity contribution in [1.82, 2.24) is 0 Å². The third kappa shape index (κ3) is 4.86. The van der Waals surface area contributed by atoms with E-state index in [0.29, 0.717) is 5.69 Å². The summed E-state index contributed by atoms with van der Waals surface area (Å²) in [5, 5.41) is 2.97. The topological polar surface area (TPSA) is 46.0 Å². The number of rotatable bonds is 6. The molecule has 1 amide bonds. The van der Waals surface area contributed by atoms with Crippen LogP contribution in [0.2, 0.25) is 0 Å². The number of hydrogen-bond donors (Lipinski definition) is 2. The third-order valence-corrected chi connectivity index (χ3v) is 5.75. The number of carbonyl (C=O) groups is 1. The van der Waals surface area contributed by atoms with Crippen LogP contribution in [0, 0.1) is 5.82 Å². The Kier molecular flexibility index (Phi) is 6.48. The summed E-state index contributed by atoms with van der Waals surface area (Å²) in [5.41, 5.74) is 2.65. The number of carbonyl (C=O) groups excluding carboxylic acids is 1. The normalized spacial score (nSPS) is 15.4. The Morgan fingerprint density at radius 2 is 1.61 bits per heavy atom. The maximum absolute atomic E-state index is 13.3. The molecular formula is C25H27FN3O2+. The lowest BCUT2D eigenvalue weighted by Crippen LogP contribution is -3.16. The maximum atomic E-state index is 13.3. The molecular weight excluding hydrogens is 393 g/mol. The van der Waals surface area contributed by atoms with Crippen LogP contribution in [0.15, 0.2) is 78.9 Å². The molecule has 6 heteroatoms. The quantitative estimate of drug-likeness (QED) is 0.645. The lowest BCUT2D eigenvalue weighted by molar-refractivity contribution is -0.922. The number of nitrogens with one attached hydrogen (secondary N) is 2. The average molecular weight is 421 g/mol. The van der Waals surface area contributed by atoms with Gasteiger partial charge in [0.25, 0.3) is 5.91 Å². The number of anilines is 2. The highest BCUT2D eigenvalue weighted by Crippen LogP contribution is 2.27. The summed E-state index contributed by atoms with van der Waals surface area (Å²) in [6.07, 6.45) is 0. The summed E-state index contributed by atoms with van der Waals surface area (Å²) in [5.74, 6) is 0.453. The first-order valence-corrected chi connectivity index (χ1v) is 10.5. The van der Waals surface area contributed by atoms with Crippen molar-refractivity contribution in [3.05, 3.63) is 90.2 Å². The van der Waals surface area contributed by atoms with Crippen molar-refractivity contribution in [2.75, 3.05) is 43.5 Å². The largest absolute Gasteiger partial charge is 0.495 e. The Balaban J connectivity index is 1.51. The van der Waals surface area contributed by atoms with Gasteiger partial charge in [0.1, 0.15) is 11.6 Å². The van der Waals surface area contributed by atoms with E-state index in [0.717, 1.165) is 43.2 Å². The highest BCUT2D eigenvalue weighted by molar-refractivity contribution is 5.94. The molecule has 160 valence electrons. The van der Waals surface area contributed by atoms with Crippen LogP contribution in [0.25, 0.3) is 0 Å². The molecule has 4 rings (SSSR count). The third-order valence-electron chi connectivity index (χ3n) is 5.75. The van der Waals surface area contributed by atoms with Gasteiger partial charge in [0.2, 0.25) is 0 Å². The Hall–Kier alpha value is -3.38. The van der Waals surface area contributed by atoms with Crippen LogP contribution in [0.1, 0.15) is 11.6 Å². The standard InChI is InChI=1S/C25H26FN3O2/c1-31-23-10-6-5-9-22(23)28-15-17-29(18-16-28)24(19-7-3-2-4-8-19)25(30)27-21-13-11-20(26)12-14-21/h2-14,24H,15-18H2,1H3,(H,27,30)/p+1/t24-/m0/s1. The van der Waals surface area contributed by atoms with E-state index in [1.54, 1.807) is 19.2 Å². The second kappa shape index (κ2) is 9.62. The molecule has 0 bridgehead atoms. The fourth-order valence-corrected chi connectivity index (χ4v) is 4.18. The summed E-state index contributed by atoms with van der Waals surface area (Å²) in [6, 6.07) is 23.4. The molecule has 1 fully saturated rings. The van der Waals surface area contributed by atoms with Crippen LogP contribution in [0.4, 0.5) is 15.8 Å². The zero-order chi connectivity index (χ0) is 21.6. The highest BCUT2D eigenvalue weighted by Gasteiger charge is 2.34. The van der Waals surface area contributed by atoms with Crippen LogP contribution in [0.5, 0.6) is 5.75 Å². The van der Waals surface area contributed by atoms with E-state index in [2.05, 4.69) is 16.3 Å². The second-order valence-electron chi connectivity index (χ2n) is 7.66. The predicted octanol–water partition coefficient (Wildman–Crippen LogP) is 2.92. The molecule has 1 atom stereocenters. The number of nitrogens with zero attached hydrogens (tertiary/aromatic N) is 1. The van der Waals surface area contributed by atoms with Gasteiger partial charge in [-0.3, -0.25) is 4.79 Å². The molecule has 0 aliphatic carbocycles. The van der Waals surface area contributed by atoms with Crippen molar-refractivity contribution in [1.29, 1.82) is 0 Å². The Labute approximate surface area is 182 Å². The summed E-state index contributed by atoms with van der Waals surface area (Å²) in [6.45, 7) is 3.27. The van der Waals surface area contributed by atoms with Crippen molar-refractivity contribution in [2.45, 2.75) is 6.04 Å². The molecule has 1 aliphatic heterocycles. The summed E-state index contributed by atoms with van der Waals surface area (Å²) in [4.78, 5) is 16.8. The number of methoxy groups -OCH3 is 1. The van der Waals surface area contributed by atoms with Crippen molar-refractivity contribution in [3.63, 3.8) is 0 Å². The fourth-order valence-electron chi connectivity index (χ4n) is 4.18. The van der Waals surface area contributed by atoms with Gasteiger partial charge in [-0.1, -0.05) is 42.5 Å². The van der Waals surface area contributed by atoms with E-state index >= 15 is 0 Å². The number of halogens is 1. The predicted molar refractivity (Wildman–Crippen MR) is 120 cm³/mol. The van der Waals surface area contributed by atoms with Crippen LogP contribution >= 0.6 is 0 Å². The van der Waals surface area contributed by atoms with Crippen molar-refractivity contribution >= 4 is 17.3 Å². The van der Waals surface area contributed by atoms with Crippen LogP contribution < -0.4 is 19.9 Å². The molecule has 3 aromatic carbocycles. The second-order valence-corrected chi connectivity index (χ2v) is 7.66. The number of benzene rings is 3. The lowest BCUT2D eigenvalue weighted by atomic mass is 10.0. The fraction of sp³-hybridized carbons (Fsp3) is 0.240. The van der Waals surface area contributed by atoms with E-state index in [1.807, 2.05) is 48.5 Å². The molecule has 0 spiro atoms. The van der Waals surface area contributed by atoms with Gasteiger partial charge >= 0.3 is 0 Å². The van der Waals surface area contributed by atoms with Crippen molar-refractivity contribution in [3.8, 4) is 5.75 Å². The van der Waals surface area contributed by atoms with Gasteiger partial charge in [0.05, 0.1) is 39.0 Å². The number of quaternary nitrogens is 1. The first-order chi connectivity index (χ1) is 15.2. The number of amides is 1. The number of hydrogen-bond acceptors (Lipinski definition) is 3. The molecule has 0 saturated carbocycles. The molecule has 2 N–H and O–H groups in total. The van der Waals surface area contributed by atoms with Gasteiger partial charge in [0.15, 0.2) is 6.04 Å². The Morgan fingerprint density at radius 1 is 0.968 bits per heavy atom. The molecule has 0 aromatic heterocycles. The minimum Gasteiger partial charge on any atom is -0.495 e. The van der Waals surface area contributed by atoms with Crippen molar-refractivity contribution < 1.29 is 18.8 Å². The molecule has 5 nitrogen and oxygen atoms in total. The SMILES string of the molecule is COc1ccccc1N1CC[NH+]([C@H](C(=O)Nc2ccc(F)cc2)c2ccccc2)CC1. The van der Waals surface area contributed by atoms with E-state index in [-0.39, 0.29) is 17.8 Å². The van der Waals surface area contributed by atoms with Gasteiger partial charge in [-0.2, -0.15) is 0 Å².